The monoisotopic (exact) mass is 347 g/mol. The van der Waals surface area contributed by atoms with Crippen LogP contribution in [-0.4, -0.2) is 23.5 Å². The minimum atomic E-state index is -0.840. The standard InChI is InChI=1S/C21H33NO3/c1-4-7-9-15(6-3)14-22-19(23)18-17(20(24)25)16-10-12-21(18,13-16)11-8-5-2/h5,10,12,15-18H,2,4,6-9,11,13-14H2,1,3H3,(H,22,23)(H,24,25). The molecule has 2 aliphatic carbocycles. The van der Waals surface area contributed by atoms with Crippen LogP contribution in [0.4, 0.5) is 0 Å². The summed E-state index contributed by atoms with van der Waals surface area (Å²) >= 11 is 0. The summed E-state index contributed by atoms with van der Waals surface area (Å²) in [5.41, 5.74) is -0.308. The van der Waals surface area contributed by atoms with Crippen molar-refractivity contribution in [1.29, 1.82) is 0 Å². The van der Waals surface area contributed by atoms with Gasteiger partial charge in [0.1, 0.15) is 0 Å². The van der Waals surface area contributed by atoms with Gasteiger partial charge in [-0.1, -0.05) is 51.3 Å². The molecule has 25 heavy (non-hydrogen) atoms. The molecule has 0 heterocycles. The maximum atomic E-state index is 13.0. The first-order valence-electron chi connectivity index (χ1n) is 9.79. The Kier molecular flexibility index (Phi) is 6.86. The van der Waals surface area contributed by atoms with Gasteiger partial charge >= 0.3 is 5.97 Å². The van der Waals surface area contributed by atoms with E-state index in [4.69, 9.17) is 0 Å². The molecule has 0 saturated heterocycles. The molecule has 1 saturated carbocycles. The van der Waals surface area contributed by atoms with Crippen molar-refractivity contribution in [2.45, 2.75) is 58.8 Å². The quantitative estimate of drug-likeness (QED) is 0.551. The number of unbranched alkanes of at least 4 members (excludes halogenated alkanes) is 1. The molecule has 5 atom stereocenters. The van der Waals surface area contributed by atoms with E-state index in [1.807, 2.05) is 12.2 Å². The molecule has 2 aliphatic rings. The Balaban J connectivity index is 2.09. The predicted octanol–water partition coefficient (Wildman–Crippen LogP) is 4.18. The SMILES string of the molecule is C=CCCC12C=CC(C1)C(C(=O)O)C2C(=O)NCC(CC)CCCC. The summed E-state index contributed by atoms with van der Waals surface area (Å²) in [7, 11) is 0. The maximum absolute atomic E-state index is 13.0. The number of fused-ring (bicyclic) bond motifs is 2. The van der Waals surface area contributed by atoms with Gasteiger partial charge in [-0.05, 0) is 37.5 Å². The average molecular weight is 347 g/mol. The summed E-state index contributed by atoms with van der Waals surface area (Å²) in [6.45, 7) is 8.77. The zero-order chi connectivity index (χ0) is 18.4. The normalized spacial score (nSPS) is 31.0. The highest BCUT2D eigenvalue weighted by Crippen LogP contribution is 2.59. The fourth-order valence-corrected chi connectivity index (χ4v) is 4.73. The second-order valence-corrected chi connectivity index (χ2v) is 7.79. The van der Waals surface area contributed by atoms with Gasteiger partial charge in [0.25, 0.3) is 0 Å². The summed E-state index contributed by atoms with van der Waals surface area (Å²) in [5.74, 6) is -1.49. The van der Waals surface area contributed by atoms with Gasteiger partial charge in [0.05, 0.1) is 11.8 Å². The number of amides is 1. The predicted molar refractivity (Wildman–Crippen MR) is 100 cm³/mol. The fraction of sp³-hybridized carbons (Fsp3) is 0.714. The van der Waals surface area contributed by atoms with Gasteiger partial charge in [-0.3, -0.25) is 9.59 Å². The highest BCUT2D eigenvalue weighted by Gasteiger charge is 2.59. The van der Waals surface area contributed by atoms with E-state index in [1.54, 1.807) is 0 Å². The molecule has 2 N–H and O–H groups in total. The molecule has 0 aliphatic heterocycles. The molecule has 0 radical (unpaired) electrons. The third-order valence-electron chi connectivity index (χ3n) is 6.22. The van der Waals surface area contributed by atoms with Crippen molar-refractivity contribution in [2.24, 2.45) is 29.1 Å². The number of hydrogen-bond acceptors (Lipinski definition) is 2. The van der Waals surface area contributed by atoms with E-state index in [-0.39, 0.29) is 17.2 Å². The molecule has 5 unspecified atom stereocenters. The Morgan fingerprint density at radius 1 is 1.44 bits per heavy atom. The summed E-state index contributed by atoms with van der Waals surface area (Å²) < 4.78 is 0. The Hall–Kier alpha value is -1.58. The van der Waals surface area contributed by atoms with Crippen molar-refractivity contribution in [3.05, 3.63) is 24.8 Å². The van der Waals surface area contributed by atoms with Crippen molar-refractivity contribution in [1.82, 2.24) is 5.32 Å². The lowest BCUT2D eigenvalue weighted by atomic mass is 9.70. The Morgan fingerprint density at radius 2 is 2.20 bits per heavy atom. The van der Waals surface area contributed by atoms with Crippen LogP contribution in [0.1, 0.15) is 58.8 Å². The molecule has 4 nitrogen and oxygen atoms in total. The molecule has 0 spiro atoms. The molecule has 4 heteroatoms. The third kappa shape index (κ3) is 4.16. The van der Waals surface area contributed by atoms with Crippen LogP contribution in [0.2, 0.25) is 0 Å². The number of carbonyl (C=O) groups is 2. The number of allylic oxidation sites excluding steroid dienone is 3. The number of rotatable bonds is 11. The second-order valence-electron chi connectivity index (χ2n) is 7.79. The lowest BCUT2D eigenvalue weighted by Crippen LogP contribution is -2.45. The average Bonchev–Trinajstić information content (AvgIpc) is 3.16. The van der Waals surface area contributed by atoms with Crippen molar-refractivity contribution in [2.75, 3.05) is 6.54 Å². The molecule has 0 aromatic carbocycles. The van der Waals surface area contributed by atoms with E-state index >= 15 is 0 Å². The van der Waals surface area contributed by atoms with Crippen LogP contribution in [0.15, 0.2) is 24.8 Å². The van der Waals surface area contributed by atoms with Crippen molar-refractivity contribution >= 4 is 11.9 Å². The summed E-state index contributed by atoms with van der Waals surface area (Å²) in [5, 5.41) is 12.8. The van der Waals surface area contributed by atoms with Crippen molar-refractivity contribution in [3.63, 3.8) is 0 Å². The fourth-order valence-electron chi connectivity index (χ4n) is 4.73. The third-order valence-corrected chi connectivity index (χ3v) is 6.22. The Labute approximate surface area is 151 Å². The highest BCUT2D eigenvalue weighted by molar-refractivity contribution is 5.87. The lowest BCUT2D eigenvalue weighted by Gasteiger charge is -2.34. The molecule has 0 aromatic heterocycles. The maximum Gasteiger partial charge on any atom is 0.307 e. The number of aliphatic carboxylic acids is 1. The van der Waals surface area contributed by atoms with Gasteiger partial charge in [0.2, 0.25) is 5.91 Å². The number of nitrogens with one attached hydrogen (secondary N) is 1. The molecule has 140 valence electrons. The van der Waals surface area contributed by atoms with E-state index in [0.29, 0.717) is 12.5 Å². The largest absolute Gasteiger partial charge is 0.481 e. The Bertz CT molecular complexity index is 527. The lowest BCUT2D eigenvalue weighted by molar-refractivity contribution is -0.149. The molecule has 1 fully saturated rings. The van der Waals surface area contributed by atoms with E-state index in [1.165, 1.54) is 6.42 Å². The smallest absolute Gasteiger partial charge is 0.307 e. The minimum absolute atomic E-state index is 0.0138. The zero-order valence-corrected chi connectivity index (χ0v) is 15.7. The van der Waals surface area contributed by atoms with Crippen molar-refractivity contribution < 1.29 is 14.7 Å². The van der Waals surface area contributed by atoms with Gasteiger partial charge in [0.15, 0.2) is 0 Å². The summed E-state index contributed by atoms with van der Waals surface area (Å²) in [6, 6.07) is 0. The van der Waals surface area contributed by atoms with Gasteiger partial charge in [-0.15, -0.1) is 6.58 Å². The molecule has 2 bridgehead atoms. The number of carboxylic acid groups (broad SMARTS) is 1. The van der Waals surface area contributed by atoms with Crippen LogP contribution >= 0.6 is 0 Å². The van der Waals surface area contributed by atoms with Crippen molar-refractivity contribution in [3.8, 4) is 0 Å². The van der Waals surface area contributed by atoms with E-state index in [0.717, 1.165) is 38.5 Å². The van der Waals surface area contributed by atoms with Crippen LogP contribution in [0.3, 0.4) is 0 Å². The molecular formula is C21H33NO3. The van der Waals surface area contributed by atoms with Gasteiger partial charge in [-0.25, -0.2) is 0 Å². The zero-order valence-electron chi connectivity index (χ0n) is 15.7. The minimum Gasteiger partial charge on any atom is -0.481 e. The highest BCUT2D eigenvalue weighted by atomic mass is 16.4. The number of carboxylic acids is 1. The van der Waals surface area contributed by atoms with E-state index < -0.39 is 17.8 Å². The van der Waals surface area contributed by atoms with E-state index in [9.17, 15) is 14.7 Å². The van der Waals surface area contributed by atoms with Gasteiger partial charge in [0, 0.05) is 12.0 Å². The van der Waals surface area contributed by atoms with Crippen LogP contribution in [0, 0.1) is 29.1 Å². The van der Waals surface area contributed by atoms with Gasteiger partial charge in [-0.2, -0.15) is 0 Å². The van der Waals surface area contributed by atoms with Crippen LogP contribution in [-0.2, 0) is 9.59 Å². The molecule has 1 amide bonds. The number of carbonyl (C=O) groups excluding carboxylic acids is 1. The molecule has 0 aromatic rings. The first-order valence-corrected chi connectivity index (χ1v) is 9.79. The molecular weight excluding hydrogens is 314 g/mol. The van der Waals surface area contributed by atoms with Gasteiger partial charge < -0.3 is 10.4 Å². The summed E-state index contributed by atoms with van der Waals surface area (Å²) in [6.07, 6.45) is 12.9. The van der Waals surface area contributed by atoms with Crippen LogP contribution in [0.5, 0.6) is 0 Å². The first kappa shape index (κ1) is 19.7. The van der Waals surface area contributed by atoms with Crippen LogP contribution in [0.25, 0.3) is 0 Å². The Morgan fingerprint density at radius 3 is 2.80 bits per heavy atom. The topological polar surface area (TPSA) is 66.4 Å². The second kappa shape index (κ2) is 8.68. The first-order chi connectivity index (χ1) is 12.0. The molecule has 2 rings (SSSR count). The summed E-state index contributed by atoms with van der Waals surface area (Å²) in [4.78, 5) is 24.8. The number of hydrogen-bond donors (Lipinski definition) is 2. The van der Waals surface area contributed by atoms with E-state index in [2.05, 4.69) is 31.8 Å². The van der Waals surface area contributed by atoms with Crippen LogP contribution < -0.4 is 5.32 Å².